The van der Waals surface area contributed by atoms with E-state index in [2.05, 4.69) is 58.8 Å². The number of aliphatic imine (C=N–C) groups is 1. The number of amides is 1. The molecule has 3 heterocycles. The molecule has 7 heteroatoms. The molecule has 1 fully saturated rings. The van der Waals surface area contributed by atoms with E-state index in [-0.39, 0.29) is 17.3 Å². The van der Waals surface area contributed by atoms with Gasteiger partial charge < -0.3 is 4.57 Å². The number of rotatable bonds is 5. The van der Waals surface area contributed by atoms with Crippen molar-refractivity contribution in [2.45, 2.75) is 65.7 Å². The summed E-state index contributed by atoms with van der Waals surface area (Å²) in [4.78, 5) is 17.2. The standard InChI is InChI=1S/C27H31N5OS/c1-17-9-12-22(13-10-17)31-18(2)15-21(19(31)3)16-23-25(28)32-27(29-26(23)33)34-24(30-32)14-11-20-7-5-4-6-8-20/h9-10,12-13,15-16,20,28H,4-8,11,14H2,1-3H3. The van der Waals surface area contributed by atoms with Gasteiger partial charge in [-0.1, -0.05) is 49.8 Å². The summed E-state index contributed by atoms with van der Waals surface area (Å²) in [5.74, 6) is 0.514. The fraction of sp³-hybridized carbons (Fsp3) is 0.407. The second-order valence-corrected chi connectivity index (χ2v) is 10.6. The molecule has 1 N–H and O–H groups in total. The Labute approximate surface area is 205 Å². The molecule has 176 valence electrons. The van der Waals surface area contributed by atoms with Gasteiger partial charge in [-0.15, -0.1) is 0 Å². The minimum absolute atomic E-state index is 0.107. The quantitative estimate of drug-likeness (QED) is 0.512. The number of hydrazone groups is 1. The third kappa shape index (κ3) is 4.41. The number of carbonyl (C=O) groups excluding carboxylic acids is 1. The average Bonchev–Trinajstić information content (AvgIpc) is 3.36. The molecule has 1 aromatic carbocycles. The number of fused-ring (bicyclic) bond motifs is 1. The monoisotopic (exact) mass is 473 g/mol. The minimum atomic E-state index is -0.368. The zero-order valence-electron chi connectivity index (χ0n) is 20.1. The lowest BCUT2D eigenvalue weighted by molar-refractivity contribution is -0.114. The van der Waals surface area contributed by atoms with Gasteiger partial charge in [0.15, 0.2) is 5.84 Å². The number of aryl methyl sites for hydroxylation is 2. The number of hydrogen-bond acceptors (Lipinski definition) is 4. The molecule has 0 spiro atoms. The first-order chi connectivity index (χ1) is 16.4. The van der Waals surface area contributed by atoms with Crippen LogP contribution in [0.25, 0.3) is 11.8 Å². The van der Waals surface area contributed by atoms with Crippen LogP contribution in [0, 0.1) is 32.1 Å². The highest BCUT2D eigenvalue weighted by Gasteiger charge is 2.35. The van der Waals surface area contributed by atoms with Crippen LogP contribution >= 0.6 is 11.8 Å². The van der Waals surface area contributed by atoms with Gasteiger partial charge in [0.2, 0.25) is 5.17 Å². The van der Waals surface area contributed by atoms with Crippen molar-refractivity contribution in [1.82, 2.24) is 9.58 Å². The van der Waals surface area contributed by atoms with Crippen LogP contribution in [0.4, 0.5) is 0 Å². The van der Waals surface area contributed by atoms with Crippen LogP contribution in [0.1, 0.15) is 67.5 Å². The largest absolute Gasteiger partial charge is 0.318 e. The molecular weight excluding hydrogens is 442 g/mol. The zero-order valence-corrected chi connectivity index (χ0v) is 20.9. The van der Waals surface area contributed by atoms with Gasteiger partial charge >= 0.3 is 0 Å². The number of amidine groups is 2. The van der Waals surface area contributed by atoms with Crippen LogP contribution in [-0.4, -0.2) is 31.5 Å². The normalized spacial score (nSPS) is 20.1. The second kappa shape index (κ2) is 9.37. The van der Waals surface area contributed by atoms with E-state index in [1.807, 2.05) is 6.92 Å². The molecule has 2 aromatic rings. The van der Waals surface area contributed by atoms with Gasteiger partial charge in [-0.05, 0) is 81.1 Å². The molecule has 6 nitrogen and oxygen atoms in total. The average molecular weight is 474 g/mol. The van der Waals surface area contributed by atoms with Crippen LogP contribution in [0.3, 0.4) is 0 Å². The molecule has 0 atom stereocenters. The van der Waals surface area contributed by atoms with Gasteiger partial charge in [-0.2, -0.15) is 15.1 Å². The van der Waals surface area contributed by atoms with Gasteiger partial charge in [0.05, 0.1) is 5.57 Å². The van der Waals surface area contributed by atoms with E-state index in [9.17, 15) is 4.79 Å². The first-order valence-electron chi connectivity index (χ1n) is 12.2. The number of aromatic nitrogens is 1. The molecule has 0 bridgehead atoms. The van der Waals surface area contributed by atoms with E-state index in [1.54, 1.807) is 6.08 Å². The highest BCUT2D eigenvalue weighted by molar-refractivity contribution is 8.26. The van der Waals surface area contributed by atoms with E-state index < -0.39 is 0 Å². The number of carbonyl (C=O) groups is 1. The predicted molar refractivity (Wildman–Crippen MR) is 141 cm³/mol. The third-order valence-corrected chi connectivity index (χ3v) is 8.02. The Bertz CT molecular complexity index is 1230. The van der Waals surface area contributed by atoms with Crippen molar-refractivity contribution in [3.63, 3.8) is 0 Å². The van der Waals surface area contributed by atoms with Gasteiger partial charge in [0.25, 0.3) is 5.91 Å². The van der Waals surface area contributed by atoms with Crippen LogP contribution in [0.2, 0.25) is 0 Å². The lowest BCUT2D eigenvalue weighted by atomic mass is 9.86. The molecule has 0 saturated heterocycles. The summed E-state index contributed by atoms with van der Waals surface area (Å²) in [7, 11) is 0. The number of hydrogen-bond donors (Lipinski definition) is 1. The molecule has 34 heavy (non-hydrogen) atoms. The smallest absolute Gasteiger partial charge is 0.283 e. The van der Waals surface area contributed by atoms with Crippen molar-refractivity contribution in [2.75, 3.05) is 0 Å². The van der Waals surface area contributed by atoms with E-state index >= 15 is 0 Å². The van der Waals surface area contributed by atoms with Crippen LogP contribution in [0.15, 0.2) is 46.0 Å². The molecule has 2 aliphatic heterocycles. The molecule has 0 radical (unpaired) electrons. The highest BCUT2D eigenvalue weighted by atomic mass is 32.2. The van der Waals surface area contributed by atoms with Gasteiger partial charge in [0.1, 0.15) is 5.04 Å². The Morgan fingerprint density at radius 1 is 1.12 bits per heavy atom. The summed E-state index contributed by atoms with van der Waals surface area (Å²) in [5.41, 5.74) is 5.59. The summed E-state index contributed by atoms with van der Waals surface area (Å²) < 4.78 is 2.17. The minimum Gasteiger partial charge on any atom is -0.318 e. The number of nitrogens with zero attached hydrogens (tertiary/aromatic N) is 4. The summed E-state index contributed by atoms with van der Waals surface area (Å²) in [6.45, 7) is 6.17. The number of thioether (sulfide) groups is 1. The van der Waals surface area contributed by atoms with Crippen molar-refractivity contribution in [1.29, 1.82) is 5.41 Å². The predicted octanol–water partition coefficient (Wildman–Crippen LogP) is 6.38. The Kier molecular flexibility index (Phi) is 6.30. The highest BCUT2D eigenvalue weighted by Crippen LogP contribution is 2.33. The van der Waals surface area contributed by atoms with E-state index in [0.717, 1.165) is 46.4 Å². The number of nitrogens with one attached hydrogen (secondary N) is 1. The van der Waals surface area contributed by atoms with Gasteiger partial charge in [0, 0.05) is 17.1 Å². The fourth-order valence-corrected chi connectivity index (χ4v) is 6.02. The van der Waals surface area contributed by atoms with Crippen LogP contribution in [0.5, 0.6) is 0 Å². The molecule has 5 rings (SSSR count). The molecular formula is C27H31N5OS. The maximum absolute atomic E-state index is 12.9. The van der Waals surface area contributed by atoms with Crippen molar-refractivity contribution in [3.05, 3.63) is 58.4 Å². The second-order valence-electron chi connectivity index (χ2n) is 9.55. The molecule has 1 aliphatic carbocycles. The summed E-state index contributed by atoms with van der Waals surface area (Å²) in [6, 6.07) is 10.4. The topological polar surface area (TPSA) is 73.8 Å². The van der Waals surface area contributed by atoms with Crippen molar-refractivity contribution in [2.24, 2.45) is 16.0 Å². The van der Waals surface area contributed by atoms with Crippen LogP contribution in [-0.2, 0) is 4.79 Å². The zero-order chi connectivity index (χ0) is 23.8. The third-order valence-electron chi connectivity index (χ3n) is 7.05. The van der Waals surface area contributed by atoms with Crippen LogP contribution < -0.4 is 0 Å². The summed E-state index contributed by atoms with van der Waals surface area (Å²) in [6.07, 6.45) is 10.5. The fourth-order valence-electron chi connectivity index (χ4n) is 5.12. The lowest BCUT2D eigenvalue weighted by Crippen LogP contribution is -2.35. The molecule has 1 amide bonds. The number of benzene rings is 1. The maximum Gasteiger partial charge on any atom is 0.283 e. The first-order valence-corrected chi connectivity index (χ1v) is 13.0. The summed E-state index contributed by atoms with van der Waals surface area (Å²) in [5, 5.41) is 16.4. The summed E-state index contributed by atoms with van der Waals surface area (Å²) >= 11 is 1.44. The maximum atomic E-state index is 12.9. The Balaban J connectivity index is 1.37. The first kappa shape index (κ1) is 22.8. The Morgan fingerprint density at radius 3 is 2.59 bits per heavy atom. The molecule has 1 saturated carbocycles. The van der Waals surface area contributed by atoms with Gasteiger partial charge in [-0.3, -0.25) is 10.2 Å². The van der Waals surface area contributed by atoms with E-state index in [4.69, 9.17) is 5.41 Å². The van der Waals surface area contributed by atoms with Crippen molar-refractivity contribution in [3.8, 4) is 5.69 Å². The van der Waals surface area contributed by atoms with E-state index in [0.29, 0.717) is 5.17 Å². The lowest BCUT2D eigenvalue weighted by Gasteiger charge is -2.20. The van der Waals surface area contributed by atoms with Crippen molar-refractivity contribution < 1.29 is 4.79 Å². The molecule has 3 aliphatic rings. The van der Waals surface area contributed by atoms with Crippen molar-refractivity contribution >= 4 is 39.8 Å². The SMILES string of the molecule is Cc1ccc(-n2c(C)cc(C=C3C(=N)N4N=C(CCC5CCCCC5)SC4=NC3=O)c2C)cc1. The van der Waals surface area contributed by atoms with E-state index in [1.165, 1.54) is 54.4 Å². The molecule has 0 unspecified atom stereocenters. The Hall–Kier alpha value is -2.93. The Morgan fingerprint density at radius 2 is 1.85 bits per heavy atom. The van der Waals surface area contributed by atoms with Gasteiger partial charge in [-0.25, -0.2) is 0 Å². The molecule has 1 aromatic heterocycles.